The predicted molar refractivity (Wildman–Crippen MR) is 114 cm³/mol. The van der Waals surface area contributed by atoms with E-state index in [4.69, 9.17) is 0 Å². The number of hydrogen-bond donors (Lipinski definition) is 0. The van der Waals surface area contributed by atoms with Gasteiger partial charge in [0, 0.05) is 55.7 Å². The van der Waals surface area contributed by atoms with Gasteiger partial charge in [-0.25, -0.2) is 15.0 Å². The van der Waals surface area contributed by atoms with E-state index in [-0.39, 0.29) is 23.3 Å². The normalized spacial score (nSPS) is 17.3. The summed E-state index contributed by atoms with van der Waals surface area (Å²) >= 11 is 0. The average molecular weight is 403 g/mol. The van der Waals surface area contributed by atoms with Crippen LogP contribution in [0.5, 0.6) is 0 Å². The first-order valence-corrected chi connectivity index (χ1v) is 10.2. The van der Waals surface area contributed by atoms with Gasteiger partial charge in [0.2, 0.25) is 0 Å². The quantitative estimate of drug-likeness (QED) is 0.662. The Balaban J connectivity index is 1.59. The third-order valence-electron chi connectivity index (χ3n) is 5.69. The molecule has 4 rings (SSSR count). The van der Waals surface area contributed by atoms with Crippen LogP contribution in [0.4, 0.5) is 0 Å². The average Bonchev–Trinajstić information content (AvgIpc) is 2.73. The van der Waals surface area contributed by atoms with E-state index in [0.29, 0.717) is 17.1 Å². The van der Waals surface area contributed by atoms with E-state index in [2.05, 4.69) is 52.6 Å². The van der Waals surface area contributed by atoms with E-state index in [1.807, 2.05) is 17.2 Å². The summed E-state index contributed by atoms with van der Waals surface area (Å²) in [4.78, 5) is 37.2. The van der Waals surface area contributed by atoms with Gasteiger partial charge in [-0.15, -0.1) is 0 Å². The zero-order valence-electron chi connectivity index (χ0n) is 17.8. The molecule has 30 heavy (non-hydrogen) atoms. The molecule has 1 aliphatic rings. The van der Waals surface area contributed by atoms with Gasteiger partial charge in [0.1, 0.15) is 5.69 Å². The van der Waals surface area contributed by atoms with Crippen LogP contribution in [0.15, 0.2) is 49.3 Å². The molecule has 1 amide bonds. The highest BCUT2D eigenvalue weighted by Gasteiger charge is 2.39. The van der Waals surface area contributed by atoms with Crippen LogP contribution in [-0.4, -0.2) is 48.3 Å². The maximum Gasteiger partial charge on any atom is 0.255 e. The molecule has 0 saturated carbocycles. The molecule has 7 nitrogen and oxygen atoms in total. The van der Waals surface area contributed by atoms with Gasteiger partial charge < -0.3 is 4.90 Å². The molecule has 3 aromatic heterocycles. The highest BCUT2D eigenvalue weighted by molar-refractivity contribution is 5.95. The molecule has 0 radical (unpaired) electrons. The molecule has 0 bridgehead atoms. The lowest BCUT2D eigenvalue weighted by Gasteiger charge is -2.44. The Morgan fingerprint density at radius 3 is 2.47 bits per heavy atom. The molecule has 7 heteroatoms. The molecular weight excluding hydrogens is 376 g/mol. The molecule has 1 saturated heterocycles. The molecule has 1 aliphatic heterocycles. The topological polar surface area (TPSA) is 84.8 Å². The summed E-state index contributed by atoms with van der Waals surface area (Å²) in [7, 11) is 0. The van der Waals surface area contributed by atoms with Crippen LogP contribution in [0.2, 0.25) is 0 Å². The Hall–Kier alpha value is -3.22. The molecule has 0 aliphatic carbocycles. The smallest absolute Gasteiger partial charge is 0.255 e. The first-order chi connectivity index (χ1) is 14.4. The second-order valence-electron chi connectivity index (χ2n) is 8.72. The Morgan fingerprint density at radius 1 is 1.07 bits per heavy atom. The van der Waals surface area contributed by atoms with Crippen molar-refractivity contribution < 1.29 is 4.79 Å². The van der Waals surface area contributed by atoms with Crippen LogP contribution in [0, 0.1) is 0 Å². The zero-order chi connectivity index (χ0) is 21.3. The molecular formula is C23H26N6O. The second-order valence-corrected chi connectivity index (χ2v) is 8.72. The fourth-order valence-corrected chi connectivity index (χ4v) is 3.77. The van der Waals surface area contributed by atoms with Crippen LogP contribution < -0.4 is 0 Å². The minimum atomic E-state index is -0.0604. The van der Waals surface area contributed by atoms with Gasteiger partial charge in [0.15, 0.2) is 5.82 Å². The van der Waals surface area contributed by atoms with Crippen molar-refractivity contribution in [3.05, 3.63) is 66.1 Å². The Morgan fingerprint density at radius 2 is 1.80 bits per heavy atom. The van der Waals surface area contributed by atoms with Crippen molar-refractivity contribution in [2.75, 3.05) is 6.54 Å². The van der Waals surface area contributed by atoms with Crippen LogP contribution >= 0.6 is 0 Å². The van der Waals surface area contributed by atoms with Crippen molar-refractivity contribution in [1.29, 1.82) is 0 Å². The largest absolute Gasteiger partial charge is 0.335 e. The number of rotatable bonds is 4. The lowest BCUT2D eigenvalue weighted by molar-refractivity contribution is 0.0406. The molecule has 0 N–H and O–H groups in total. The van der Waals surface area contributed by atoms with Gasteiger partial charge in [0.25, 0.3) is 5.91 Å². The Bertz CT molecular complexity index is 1050. The highest BCUT2D eigenvalue weighted by atomic mass is 16.2. The van der Waals surface area contributed by atoms with Crippen LogP contribution in [0.1, 0.15) is 61.6 Å². The van der Waals surface area contributed by atoms with E-state index in [0.717, 1.165) is 24.2 Å². The summed E-state index contributed by atoms with van der Waals surface area (Å²) in [5.41, 5.74) is 3.10. The minimum Gasteiger partial charge on any atom is -0.335 e. The number of aromatic nitrogens is 5. The van der Waals surface area contributed by atoms with Crippen molar-refractivity contribution in [3.8, 4) is 11.5 Å². The second kappa shape index (κ2) is 7.89. The van der Waals surface area contributed by atoms with E-state index in [1.165, 1.54) is 0 Å². The lowest BCUT2D eigenvalue weighted by Crippen LogP contribution is -2.53. The molecule has 4 heterocycles. The summed E-state index contributed by atoms with van der Waals surface area (Å²) in [5, 5.41) is 0. The van der Waals surface area contributed by atoms with Gasteiger partial charge in [0.05, 0.1) is 11.3 Å². The highest BCUT2D eigenvalue weighted by Crippen LogP contribution is 2.35. The predicted octanol–water partition coefficient (Wildman–Crippen LogP) is 3.64. The van der Waals surface area contributed by atoms with Crippen molar-refractivity contribution in [2.24, 2.45) is 0 Å². The van der Waals surface area contributed by atoms with Crippen molar-refractivity contribution in [1.82, 2.24) is 29.8 Å². The van der Waals surface area contributed by atoms with E-state index < -0.39 is 0 Å². The van der Waals surface area contributed by atoms with Crippen molar-refractivity contribution in [3.63, 3.8) is 0 Å². The summed E-state index contributed by atoms with van der Waals surface area (Å²) in [6.07, 6.45) is 11.1. The number of hydrogen-bond acceptors (Lipinski definition) is 6. The number of likely N-dealkylation sites (tertiary alicyclic amines) is 1. The lowest BCUT2D eigenvalue weighted by atomic mass is 9.85. The molecule has 154 valence electrons. The van der Waals surface area contributed by atoms with Crippen LogP contribution in [0.25, 0.3) is 11.5 Å². The van der Waals surface area contributed by atoms with Crippen LogP contribution in [0.3, 0.4) is 0 Å². The zero-order valence-corrected chi connectivity index (χ0v) is 17.8. The molecule has 2 unspecified atom stereocenters. The summed E-state index contributed by atoms with van der Waals surface area (Å²) in [5.74, 6) is 0.568. The number of carbonyl (C=O) groups is 1. The molecule has 0 spiro atoms. The van der Waals surface area contributed by atoms with E-state index in [1.54, 1.807) is 37.1 Å². The number of amides is 1. The van der Waals surface area contributed by atoms with E-state index in [9.17, 15) is 4.79 Å². The summed E-state index contributed by atoms with van der Waals surface area (Å²) in [6, 6.07) is 3.78. The number of nitrogens with zero attached hydrogens (tertiary/aromatic N) is 6. The molecule has 0 aromatic carbocycles. The molecule has 2 atom stereocenters. The van der Waals surface area contributed by atoms with E-state index >= 15 is 0 Å². The van der Waals surface area contributed by atoms with Gasteiger partial charge in [-0.2, -0.15) is 0 Å². The van der Waals surface area contributed by atoms with Crippen LogP contribution in [-0.2, 0) is 5.41 Å². The number of pyridine rings is 1. The van der Waals surface area contributed by atoms with Gasteiger partial charge >= 0.3 is 0 Å². The summed E-state index contributed by atoms with van der Waals surface area (Å²) in [6.45, 7) is 9.17. The maximum absolute atomic E-state index is 13.2. The SMILES string of the molecule is CC(c1nccnc1-c1ncccn1)C1CCN1C(=O)c1cncc(C(C)(C)C)c1. The Kier molecular flexibility index (Phi) is 5.28. The van der Waals surface area contributed by atoms with Crippen molar-refractivity contribution in [2.45, 2.75) is 51.5 Å². The molecule has 3 aromatic rings. The van der Waals surface area contributed by atoms with Gasteiger partial charge in [-0.3, -0.25) is 14.8 Å². The standard InChI is InChI=1S/C23H26N6O/c1-15(19-20(26-10-9-25-19)21-27-7-5-8-28-21)18-6-11-29(18)22(30)16-12-17(14-24-13-16)23(2,3)4/h5,7-10,12-15,18H,6,11H2,1-4H3. The minimum absolute atomic E-state index is 0.00830. The number of carbonyl (C=O) groups excluding carboxylic acids is 1. The monoisotopic (exact) mass is 402 g/mol. The third kappa shape index (κ3) is 3.79. The van der Waals surface area contributed by atoms with Crippen molar-refractivity contribution >= 4 is 5.91 Å². The first kappa shape index (κ1) is 20.1. The summed E-state index contributed by atoms with van der Waals surface area (Å²) < 4.78 is 0. The fraction of sp³-hybridized carbons (Fsp3) is 0.391. The fourth-order valence-electron chi connectivity index (χ4n) is 3.77. The third-order valence-corrected chi connectivity index (χ3v) is 5.69. The maximum atomic E-state index is 13.2. The van der Waals surface area contributed by atoms with Gasteiger partial charge in [-0.05, 0) is 29.5 Å². The molecule has 1 fully saturated rings. The Labute approximate surface area is 176 Å². The van der Waals surface area contributed by atoms with Gasteiger partial charge in [-0.1, -0.05) is 27.7 Å². The first-order valence-electron chi connectivity index (χ1n) is 10.2.